The Labute approximate surface area is 132 Å². The zero-order chi connectivity index (χ0) is 15.2. The molecule has 3 aliphatic rings. The molecule has 0 unspecified atom stereocenters. The van der Waals surface area contributed by atoms with Gasteiger partial charge in [-0.25, -0.2) is 0 Å². The Morgan fingerprint density at radius 3 is 2.64 bits per heavy atom. The highest BCUT2D eigenvalue weighted by atomic mass is 16.5. The molecule has 0 bridgehead atoms. The number of hydrogen-bond acceptors (Lipinski definition) is 3. The van der Waals surface area contributed by atoms with Gasteiger partial charge in [0.05, 0.1) is 12.7 Å². The van der Waals surface area contributed by atoms with Gasteiger partial charge in [0, 0.05) is 18.1 Å². The normalized spacial score (nSPS) is 30.6. The van der Waals surface area contributed by atoms with Gasteiger partial charge in [-0.3, -0.25) is 4.79 Å². The molecular formula is C19H24O3. The average Bonchev–Trinajstić information content (AvgIpc) is 3.34. The largest absolute Gasteiger partial charge is 0.493 e. The molecule has 4 rings (SSSR count). The Morgan fingerprint density at radius 1 is 1.18 bits per heavy atom. The first-order valence-electron chi connectivity index (χ1n) is 8.53. The van der Waals surface area contributed by atoms with E-state index in [-0.39, 0.29) is 5.41 Å². The lowest BCUT2D eigenvalue weighted by Gasteiger charge is -2.35. The number of hydrogen-bond donors (Lipinski definition) is 0. The molecule has 0 aliphatic heterocycles. The van der Waals surface area contributed by atoms with Crippen LogP contribution < -0.4 is 4.74 Å². The van der Waals surface area contributed by atoms with Gasteiger partial charge in [0.15, 0.2) is 5.78 Å². The zero-order valence-corrected chi connectivity index (χ0v) is 13.3. The van der Waals surface area contributed by atoms with Crippen molar-refractivity contribution in [2.45, 2.75) is 51.0 Å². The van der Waals surface area contributed by atoms with Gasteiger partial charge in [-0.15, -0.1) is 0 Å². The van der Waals surface area contributed by atoms with E-state index in [1.165, 1.54) is 18.4 Å². The Balaban J connectivity index is 1.51. The van der Waals surface area contributed by atoms with Crippen LogP contribution in [-0.2, 0) is 11.2 Å². The summed E-state index contributed by atoms with van der Waals surface area (Å²) in [5, 5.41) is 0. The van der Waals surface area contributed by atoms with E-state index < -0.39 is 0 Å². The number of carbonyl (C=O) groups is 1. The summed E-state index contributed by atoms with van der Waals surface area (Å²) in [6, 6.07) is 6.12. The van der Waals surface area contributed by atoms with E-state index in [1.54, 1.807) is 7.11 Å². The Bertz CT molecular complexity index is 580. The summed E-state index contributed by atoms with van der Waals surface area (Å²) in [5.74, 6) is 1.94. The van der Waals surface area contributed by atoms with Crippen LogP contribution in [0.1, 0.15) is 54.4 Å². The summed E-state index contributed by atoms with van der Waals surface area (Å²) in [4.78, 5) is 13.0. The molecule has 0 N–H and O–H groups in total. The number of rotatable bonds is 4. The fourth-order valence-electron chi connectivity index (χ4n) is 4.02. The third-order valence-corrected chi connectivity index (χ3v) is 5.74. The second-order valence-electron chi connectivity index (χ2n) is 7.29. The highest BCUT2D eigenvalue weighted by Gasteiger charge is 2.47. The highest BCUT2D eigenvalue weighted by molar-refractivity contribution is 6.05. The molecule has 22 heavy (non-hydrogen) atoms. The van der Waals surface area contributed by atoms with Crippen LogP contribution in [0, 0.1) is 11.3 Å². The van der Waals surface area contributed by atoms with E-state index in [0.29, 0.717) is 11.9 Å². The molecule has 3 heteroatoms. The monoisotopic (exact) mass is 300 g/mol. The molecular weight excluding hydrogens is 276 g/mol. The van der Waals surface area contributed by atoms with Gasteiger partial charge in [0.1, 0.15) is 5.75 Å². The first-order chi connectivity index (χ1) is 10.7. The van der Waals surface area contributed by atoms with Crippen LogP contribution in [0.4, 0.5) is 0 Å². The molecule has 1 aromatic rings. The molecule has 0 radical (unpaired) electrons. The maximum atomic E-state index is 13.0. The summed E-state index contributed by atoms with van der Waals surface area (Å²) in [6.07, 6.45) is 7.72. The number of methoxy groups -OCH3 is 1. The van der Waals surface area contributed by atoms with Gasteiger partial charge in [0.25, 0.3) is 0 Å². The third-order valence-electron chi connectivity index (χ3n) is 5.74. The zero-order valence-electron chi connectivity index (χ0n) is 13.3. The Kier molecular flexibility index (Phi) is 3.48. The van der Waals surface area contributed by atoms with Crippen molar-refractivity contribution in [2.75, 3.05) is 13.7 Å². The third kappa shape index (κ3) is 2.45. The van der Waals surface area contributed by atoms with Gasteiger partial charge < -0.3 is 9.47 Å². The average molecular weight is 300 g/mol. The molecule has 1 aromatic carbocycles. The van der Waals surface area contributed by atoms with Crippen LogP contribution in [-0.4, -0.2) is 25.6 Å². The molecule has 3 aliphatic carbocycles. The van der Waals surface area contributed by atoms with Gasteiger partial charge in [-0.05, 0) is 68.6 Å². The Hall–Kier alpha value is -1.35. The number of carbonyl (C=O) groups excluding carboxylic acids is 1. The minimum Gasteiger partial charge on any atom is -0.493 e. The molecule has 118 valence electrons. The predicted molar refractivity (Wildman–Crippen MR) is 84.4 cm³/mol. The van der Waals surface area contributed by atoms with Gasteiger partial charge >= 0.3 is 0 Å². The van der Waals surface area contributed by atoms with Crippen molar-refractivity contribution in [1.82, 2.24) is 0 Å². The minimum absolute atomic E-state index is 0.160. The van der Waals surface area contributed by atoms with Gasteiger partial charge in [0.2, 0.25) is 0 Å². The van der Waals surface area contributed by atoms with E-state index in [9.17, 15) is 4.79 Å². The SMILES string of the molecule is COC1CCC2(CC1)Cc1ccc(OCC3CC3)cc1C2=O. The lowest BCUT2D eigenvalue weighted by molar-refractivity contribution is 0.0285. The number of fused-ring (bicyclic) bond motifs is 1. The van der Waals surface area contributed by atoms with E-state index in [4.69, 9.17) is 9.47 Å². The van der Waals surface area contributed by atoms with Crippen LogP contribution in [0.2, 0.25) is 0 Å². The van der Waals surface area contributed by atoms with Crippen LogP contribution in [0.5, 0.6) is 5.75 Å². The van der Waals surface area contributed by atoms with E-state index >= 15 is 0 Å². The van der Waals surface area contributed by atoms with Crippen molar-refractivity contribution in [3.05, 3.63) is 29.3 Å². The lowest BCUT2D eigenvalue weighted by atomic mass is 9.70. The fraction of sp³-hybridized carbons (Fsp3) is 0.632. The van der Waals surface area contributed by atoms with E-state index in [1.807, 2.05) is 12.1 Å². The van der Waals surface area contributed by atoms with Crippen molar-refractivity contribution in [2.24, 2.45) is 11.3 Å². The van der Waals surface area contributed by atoms with Crippen molar-refractivity contribution in [3.63, 3.8) is 0 Å². The first kappa shape index (κ1) is 14.3. The second kappa shape index (κ2) is 5.38. The molecule has 2 fully saturated rings. The predicted octanol–water partition coefficient (Wildman–Crippen LogP) is 3.79. The maximum absolute atomic E-state index is 13.0. The summed E-state index contributed by atoms with van der Waals surface area (Å²) in [5.41, 5.74) is 1.95. The molecule has 0 saturated heterocycles. The quantitative estimate of drug-likeness (QED) is 0.848. The minimum atomic E-state index is -0.160. The molecule has 0 heterocycles. The second-order valence-corrected chi connectivity index (χ2v) is 7.29. The van der Waals surface area contributed by atoms with E-state index in [2.05, 4.69) is 6.07 Å². The summed E-state index contributed by atoms with van der Waals surface area (Å²) >= 11 is 0. The Morgan fingerprint density at radius 2 is 1.95 bits per heavy atom. The van der Waals surface area contributed by atoms with Crippen molar-refractivity contribution in [3.8, 4) is 5.75 Å². The van der Waals surface area contributed by atoms with E-state index in [0.717, 1.165) is 55.9 Å². The van der Waals surface area contributed by atoms with Crippen LogP contribution in [0.3, 0.4) is 0 Å². The summed E-state index contributed by atoms with van der Waals surface area (Å²) < 4.78 is 11.3. The first-order valence-corrected chi connectivity index (χ1v) is 8.53. The number of ketones is 1. The van der Waals surface area contributed by atoms with Gasteiger partial charge in [-0.1, -0.05) is 6.07 Å². The van der Waals surface area contributed by atoms with Crippen LogP contribution in [0.15, 0.2) is 18.2 Å². The fourth-order valence-corrected chi connectivity index (χ4v) is 4.02. The number of benzene rings is 1. The maximum Gasteiger partial charge on any atom is 0.169 e. The highest BCUT2D eigenvalue weighted by Crippen LogP contribution is 2.48. The lowest BCUT2D eigenvalue weighted by Crippen LogP contribution is -2.35. The topological polar surface area (TPSA) is 35.5 Å². The van der Waals surface area contributed by atoms with Crippen molar-refractivity contribution < 1.29 is 14.3 Å². The number of Topliss-reactive ketones (excluding diaryl/α,β-unsaturated/α-hetero) is 1. The molecule has 0 amide bonds. The van der Waals surface area contributed by atoms with Crippen LogP contribution >= 0.6 is 0 Å². The number of ether oxygens (including phenoxy) is 2. The standard InChI is InChI=1S/C19H24O3/c1-21-15-6-8-19(9-7-15)11-14-4-5-16(10-17(14)18(19)20)22-12-13-2-3-13/h4-5,10,13,15H,2-3,6-9,11-12H2,1H3. The van der Waals surface area contributed by atoms with Crippen molar-refractivity contribution in [1.29, 1.82) is 0 Å². The van der Waals surface area contributed by atoms with Crippen LogP contribution in [0.25, 0.3) is 0 Å². The molecule has 0 aromatic heterocycles. The van der Waals surface area contributed by atoms with Crippen molar-refractivity contribution >= 4 is 5.78 Å². The molecule has 1 spiro atoms. The van der Waals surface area contributed by atoms with Gasteiger partial charge in [-0.2, -0.15) is 0 Å². The summed E-state index contributed by atoms with van der Waals surface area (Å²) in [6.45, 7) is 0.799. The smallest absolute Gasteiger partial charge is 0.169 e. The molecule has 3 nitrogen and oxygen atoms in total. The summed E-state index contributed by atoms with van der Waals surface area (Å²) in [7, 11) is 1.78. The molecule has 0 atom stereocenters. The molecule has 2 saturated carbocycles.